The summed E-state index contributed by atoms with van der Waals surface area (Å²) in [5, 5.41) is 3.38. The minimum atomic E-state index is -0.640. The second-order valence-corrected chi connectivity index (χ2v) is 6.78. The monoisotopic (exact) mass is 385 g/mol. The molecule has 2 aromatic rings. The van der Waals surface area contributed by atoms with Crippen LogP contribution in [-0.2, 0) is 27.5 Å². The number of hydrogen-bond donors (Lipinski definition) is 1. The molecule has 2 aromatic carbocycles. The quantitative estimate of drug-likeness (QED) is 0.771. The van der Waals surface area contributed by atoms with Crippen LogP contribution in [0.1, 0.15) is 11.1 Å². The first-order valence-electron chi connectivity index (χ1n) is 8.66. The van der Waals surface area contributed by atoms with Gasteiger partial charge >= 0.3 is 11.8 Å². The van der Waals surface area contributed by atoms with Crippen LogP contribution in [0.15, 0.2) is 54.6 Å². The van der Waals surface area contributed by atoms with E-state index in [1.54, 1.807) is 12.1 Å². The number of rotatable bonds is 6. The van der Waals surface area contributed by atoms with Crippen molar-refractivity contribution >= 4 is 29.3 Å². The molecule has 3 amide bonds. The Hall–Kier alpha value is -2.86. The third kappa shape index (κ3) is 5.08. The Morgan fingerprint density at radius 3 is 2.22 bits per heavy atom. The molecule has 0 aromatic heterocycles. The van der Waals surface area contributed by atoms with Crippen molar-refractivity contribution < 1.29 is 14.4 Å². The maximum Gasteiger partial charge on any atom is 0.312 e. The minimum Gasteiger partial charge on any atom is -0.350 e. The molecule has 0 radical (unpaired) electrons. The Morgan fingerprint density at radius 2 is 1.52 bits per heavy atom. The van der Waals surface area contributed by atoms with Gasteiger partial charge in [0.25, 0.3) is 0 Å². The van der Waals surface area contributed by atoms with Crippen LogP contribution in [0.2, 0.25) is 5.02 Å². The van der Waals surface area contributed by atoms with Gasteiger partial charge in [-0.25, -0.2) is 0 Å². The van der Waals surface area contributed by atoms with Crippen molar-refractivity contribution in [3.05, 3.63) is 70.7 Å². The van der Waals surface area contributed by atoms with Gasteiger partial charge in [-0.15, -0.1) is 0 Å². The number of benzene rings is 2. The first-order valence-corrected chi connectivity index (χ1v) is 9.04. The molecule has 140 valence electrons. The molecule has 0 aliphatic carbocycles. The number of hydrogen-bond acceptors (Lipinski definition) is 3. The first kappa shape index (κ1) is 18.9. The normalized spacial score (nSPS) is 14.4. The molecule has 1 heterocycles. The van der Waals surface area contributed by atoms with Crippen LogP contribution in [0.5, 0.6) is 0 Å². The zero-order valence-electron chi connectivity index (χ0n) is 14.7. The van der Waals surface area contributed by atoms with Gasteiger partial charge in [0.15, 0.2) is 0 Å². The molecule has 1 fully saturated rings. The molecule has 6 nitrogen and oxygen atoms in total. The highest BCUT2D eigenvalue weighted by Gasteiger charge is 2.33. The summed E-state index contributed by atoms with van der Waals surface area (Å²) in [4.78, 5) is 39.6. The Bertz CT molecular complexity index is 824. The fraction of sp³-hybridized carbons (Fsp3) is 0.250. The zero-order valence-corrected chi connectivity index (χ0v) is 15.5. The van der Waals surface area contributed by atoms with Crippen molar-refractivity contribution in [1.29, 1.82) is 0 Å². The summed E-state index contributed by atoms with van der Waals surface area (Å²) in [6.45, 7) is 1.35. The number of carbonyl (C=O) groups excluding carboxylic acids is 3. The van der Waals surface area contributed by atoms with Crippen molar-refractivity contribution in [3.63, 3.8) is 0 Å². The fourth-order valence-corrected chi connectivity index (χ4v) is 2.98. The number of carbonyl (C=O) groups is 3. The van der Waals surface area contributed by atoms with E-state index in [1.807, 2.05) is 42.5 Å². The van der Waals surface area contributed by atoms with Crippen molar-refractivity contribution in [2.45, 2.75) is 13.1 Å². The van der Waals surface area contributed by atoms with E-state index in [-0.39, 0.29) is 12.5 Å². The minimum absolute atomic E-state index is 0.128. The van der Waals surface area contributed by atoms with Crippen LogP contribution < -0.4 is 5.32 Å². The van der Waals surface area contributed by atoms with Crippen LogP contribution in [0.3, 0.4) is 0 Å². The highest BCUT2D eigenvalue weighted by molar-refractivity contribution is 6.35. The van der Waals surface area contributed by atoms with Crippen molar-refractivity contribution in [1.82, 2.24) is 15.1 Å². The van der Waals surface area contributed by atoms with E-state index in [0.717, 1.165) is 11.1 Å². The maximum absolute atomic E-state index is 12.3. The SMILES string of the molecule is O=C(CN1CCN(Cc2ccccc2)C(=O)C1=O)NCc1ccc(Cl)cc1. The van der Waals surface area contributed by atoms with Crippen molar-refractivity contribution in [2.24, 2.45) is 0 Å². The second kappa shape index (κ2) is 8.68. The molecule has 0 unspecified atom stereocenters. The van der Waals surface area contributed by atoms with Gasteiger partial charge < -0.3 is 15.1 Å². The van der Waals surface area contributed by atoms with E-state index in [9.17, 15) is 14.4 Å². The summed E-state index contributed by atoms with van der Waals surface area (Å²) < 4.78 is 0. The lowest BCUT2D eigenvalue weighted by Gasteiger charge is -2.33. The highest BCUT2D eigenvalue weighted by atomic mass is 35.5. The predicted octanol–water partition coefficient (Wildman–Crippen LogP) is 1.83. The van der Waals surface area contributed by atoms with Crippen LogP contribution >= 0.6 is 11.6 Å². The molecule has 0 spiro atoms. The lowest BCUT2D eigenvalue weighted by Crippen LogP contribution is -2.55. The van der Waals surface area contributed by atoms with E-state index >= 15 is 0 Å². The van der Waals surface area contributed by atoms with E-state index in [4.69, 9.17) is 11.6 Å². The van der Waals surface area contributed by atoms with Gasteiger partial charge in [0.2, 0.25) is 5.91 Å². The van der Waals surface area contributed by atoms with Gasteiger partial charge in [0, 0.05) is 31.2 Å². The summed E-state index contributed by atoms with van der Waals surface area (Å²) in [6, 6.07) is 16.6. The fourth-order valence-electron chi connectivity index (χ4n) is 2.85. The Labute approximate surface area is 162 Å². The Kier molecular flexibility index (Phi) is 6.08. The summed E-state index contributed by atoms with van der Waals surface area (Å²) >= 11 is 5.83. The third-order valence-electron chi connectivity index (χ3n) is 4.35. The van der Waals surface area contributed by atoms with E-state index in [2.05, 4.69) is 5.32 Å². The number of piperazine rings is 1. The zero-order chi connectivity index (χ0) is 19.2. The topological polar surface area (TPSA) is 69.7 Å². The van der Waals surface area contributed by atoms with Crippen LogP contribution in [0, 0.1) is 0 Å². The molecule has 0 atom stereocenters. The van der Waals surface area contributed by atoms with Crippen LogP contribution in [0.25, 0.3) is 0 Å². The Morgan fingerprint density at radius 1 is 0.889 bits per heavy atom. The molecule has 27 heavy (non-hydrogen) atoms. The standard InChI is InChI=1S/C20H20ClN3O3/c21-17-8-6-15(7-9-17)12-22-18(25)14-24-11-10-23(19(26)20(24)27)13-16-4-2-1-3-5-16/h1-9H,10-14H2,(H,22,25). The molecular weight excluding hydrogens is 366 g/mol. The molecule has 0 bridgehead atoms. The summed E-state index contributed by atoms with van der Waals surface area (Å²) in [5.41, 5.74) is 1.87. The van der Waals surface area contributed by atoms with Crippen LogP contribution in [-0.4, -0.2) is 47.2 Å². The second-order valence-electron chi connectivity index (χ2n) is 6.34. The average Bonchev–Trinajstić information content (AvgIpc) is 2.68. The highest BCUT2D eigenvalue weighted by Crippen LogP contribution is 2.11. The molecule has 1 saturated heterocycles. The molecular formula is C20H20ClN3O3. The number of amides is 3. The number of nitrogens with zero attached hydrogens (tertiary/aromatic N) is 2. The molecule has 0 saturated carbocycles. The summed E-state index contributed by atoms with van der Waals surface area (Å²) in [7, 11) is 0. The van der Waals surface area contributed by atoms with Gasteiger partial charge in [-0.05, 0) is 23.3 Å². The van der Waals surface area contributed by atoms with E-state index in [0.29, 0.717) is 31.2 Å². The van der Waals surface area contributed by atoms with E-state index < -0.39 is 11.8 Å². The largest absolute Gasteiger partial charge is 0.350 e. The molecule has 1 aliphatic rings. The van der Waals surface area contributed by atoms with Gasteiger partial charge in [0.05, 0.1) is 0 Å². The van der Waals surface area contributed by atoms with Gasteiger partial charge in [0.1, 0.15) is 6.54 Å². The van der Waals surface area contributed by atoms with Gasteiger partial charge in [-0.2, -0.15) is 0 Å². The molecule has 7 heteroatoms. The Balaban J connectivity index is 1.50. The average molecular weight is 386 g/mol. The summed E-state index contributed by atoms with van der Waals surface area (Å²) in [6.07, 6.45) is 0. The third-order valence-corrected chi connectivity index (χ3v) is 4.60. The van der Waals surface area contributed by atoms with Crippen molar-refractivity contribution in [2.75, 3.05) is 19.6 Å². The first-order chi connectivity index (χ1) is 13.0. The predicted molar refractivity (Wildman–Crippen MR) is 102 cm³/mol. The van der Waals surface area contributed by atoms with Gasteiger partial charge in [-0.1, -0.05) is 54.1 Å². The van der Waals surface area contributed by atoms with Crippen molar-refractivity contribution in [3.8, 4) is 0 Å². The van der Waals surface area contributed by atoms with E-state index in [1.165, 1.54) is 9.80 Å². The lowest BCUT2D eigenvalue weighted by atomic mass is 10.2. The smallest absolute Gasteiger partial charge is 0.312 e. The molecule has 3 rings (SSSR count). The molecule has 1 N–H and O–H groups in total. The maximum atomic E-state index is 12.3. The number of nitrogens with one attached hydrogen (secondary N) is 1. The number of halogens is 1. The van der Waals surface area contributed by atoms with Gasteiger partial charge in [-0.3, -0.25) is 14.4 Å². The lowest BCUT2D eigenvalue weighted by molar-refractivity contribution is -0.157. The summed E-state index contributed by atoms with van der Waals surface area (Å²) in [5.74, 6) is -1.52. The van der Waals surface area contributed by atoms with Crippen LogP contribution in [0.4, 0.5) is 0 Å². The molecule has 1 aliphatic heterocycles.